The van der Waals surface area contributed by atoms with Crippen molar-refractivity contribution in [3.8, 4) is 12.3 Å². The van der Waals surface area contributed by atoms with E-state index in [2.05, 4.69) is 49.2 Å². The van der Waals surface area contributed by atoms with Gasteiger partial charge >= 0.3 is 0 Å². The van der Waals surface area contributed by atoms with Crippen molar-refractivity contribution in [1.82, 2.24) is 14.9 Å². The fourth-order valence-electron chi connectivity index (χ4n) is 3.44. The number of nitrogens with one attached hydrogen (secondary N) is 1. The first-order chi connectivity index (χ1) is 14.2. The second kappa shape index (κ2) is 8.27. The second-order valence-electron chi connectivity index (χ2n) is 7.34. The lowest BCUT2D eigenvalue weighted by molar-refractivity contribution is -0.121. The van der Waals surface area contributed by atoms with E-state index in [1.54, 1.807) is 0 Å². The van der Waals surface area contributed by atoms with Crippen LogP contribution < -0.4 is 5.32 Å². The molecule has 29 heavy (non-hydrogen) atoms. The van der Waals surface area contributed by atoms with Crippen LogP contribution in [-0.4, -0.2) is 21.1 Å². The van der Waals surface area contributed by atoms with Crippen LogP contribution in [0.4, 0.5) is 0 Å². The molecule has 0 radical (unpaired) electrons. The van der Waals surface area contributed by atoms with Crippen molar-refractivity contribution in [3.63, 3.8) is 0 Å². The van der Waals surface area contributed by atoms with Crippen molar-refractivity contribution in [1.29, 1.82) is 0 Å². The molecule has 6 nitrogen and oxygen atoms in total. The van der Waals surface area contributed by atoms with Gasteiger partial charge in [0, 0.05) is 38.8 Å². The number of rotatable bonds is 9. The van der Waals surface area contributed by atoms with Gasteiger partial charge in [0.15, 0.2) is 5.66 Å². The van der Waals surface area contributed by atoms with Gasteiger partial charge in [-0.25, -0.2) is 4.98 Å². The molecular formula is C23H23N5O. The Balaban J connectivity index is 1.30. The minimum atomic E-state index is -0.406. The van der Waals surface area contributed by atoms with Gasteiger partial charge in [-0.15, -0.1) is 12.3 Å². The number of amides is 1. The maximum atomic E-state index is 12.2. The van der Waals surface area contributed by atoms with Gasteiger partial charge in [-0.05, 0) is 23.3 Å². The Kier molecular flexibility index (Phi) is 5.39. The van der Waals surface area contributed by atoms with Crippen LogP contribution in [0.1, 0.15) is 36.8 Å². The standard InChI is InChI=1S/C23H23N5O/c1-2-3-12-23(26-27-23)13-11-22(29)24-15-18-7-6-8-19(14-18)16-28-17-25-20-9-4-5-10-21(20)28/h1,4-10,14,17H,3,11-13,15-16H2,(H,24,29). The van der Waals surface area contributed by atoms with Gasteiger partial charge in [0.25, 0.3) is 0 Å². The summed E-state index contributed by atoms with van der Waals surface area (Å²) in [6.45, 7) is 1.24. The van der Waals surface area contributed by atoms with Gasteiger partial charge in [-0.1, -0.05) is 36.4 Å². The lowest BCUT2D eigenvalue weighted by Crippen LogP contribution is -2.24. The molecule has 0 atom stereocenters. The second-order valence-corrected chi connectivity index (χ2v) is 7.34. The Labute approximate surface area is 170 Å². The number of fused-ring (bicyclic) bond motifs is 1. The summed E-state index contributed by atoms with van der Waals surface area (Å²) >= 11 is 0. The molecular weight excluding hydrogens is 362 g/mol. The summed E-state index contributed by atoms with van der Waals surface area (Å²) in [6.07, 6.45) is 9.54. The summed E-state index contributed by atoms with van der Waals surface area (Å²) in [6, 6.07) is 16.3. The average molecular weight is 385 g/mol. The van der Waals surface area contributed by atoms with E-state index in [-0.39, 0.29) is 5.91 Å². The molecule has 2 aromatic carbocycles. The monoisotopic (exact) mass is 385 g/mol. The molecule has 1 aromatic heterocycles. The molecule has 0 fully saturated rings. The highest BCUT2D eigenvalue weighted by atomic mass is 16.1. The van der Waals surface area contributed by atoms with Crippen LogP contribution in [0.5, 0.6) is 0 Å². The van der Waals surface area contributed by atoms with Crippen LogP contribution in [0.25, 0.3) is 11.0 Å². The SMILES string of the molecule is C#CCCC1(CCC(=O)NCc2cccc(Cn3cnc4ccccc43)c2)N=N1. The predicted octanol–water partition coefficient (Wildman–Crippen LogP) is 4.06. The summed E-state index contributed by atoms with van der Waals surface area (Å²) in [7, 11) is 0. The minimum absolute atomic E-state index is 0.00777. The van der Waals surface area contributed by atoms with E-state index in [0.29, 0.717) is 25.8 Å². The van der Waals surface area contributed by atoms with Crippen molar-refractivity contribution >= 4 is 16.9 Å². The first kappa shape index (κ1) is 18.9. The topological polar surface area (TPSA) is 71.6 Å². The zero-order valence-electron chi connectivity index (χ0n) is 16.2. The van der Waals surface area contributed by atoms with Crippen molar-refractivity contribution < 1.29 is 4.79 Å². The number of benzene rings is 2. The zero-order chi connectivity index (χ0) is 20.1. The number of imidazole rings is 1. The van der Waals surface area contributed by atoms with E-state index in [1.807, 2.05) is 36.7 Å². The van der Waals surface area contributed by atoms with Crippen molar-refractivity contribution in [2.75, 3.05) is 0 Å². The van der Waals surface area contributed by atoms with Gasteiger partial charge in [0.05, 0.1) is 17.4 Å². The van der Waals surface area contributed by atoms with E-state index in [4.69, 9.17) is 6.42 Å². The molecule has 0 aliphatic carbocycles. The number of carbonyl (C=O) groups is 1. The summed E-state index contributed by atoms with van der Waals surface area (Å²) < 4.78 is 2.13. The molecule has 4 rings (SSSR count). The zero-order valence-corrected chi connectivity index (χ0v) is 16.2. The van der Waals surface area contributed by atoms with Crippen molar-refractivity contribution in [2.24, 2.45) is 10.2 Å². The van der Waals surface area contributed by atoms with E-state index >= 15 is 0 Å². The van der Waals surface area contributed by atoms with E-state index in [9.17, 15) is 4.79 Å². The maximum absolute atomic E-state index is 12.2. The Hall–Kier alpha value is -3.46. The third-order valence-electron chi connectivity index (χ3n) is 5.17. The summed E-state index contributed by atoms with van der Waals surface area (Å²) in [4.78, 5) is 16.6. The highest BCUT2D eigenvalue weighted by Crippen LogP contribution is 2.37. The Morgan fingerprint density at radius 1 is 1.10 bits per heavy atom. The lowest BCUT2D eigenvalue weighted by Gasteiger charge is -2.10. The molecule has 0 unspecified atom stereocenters. The van der Waals surface area contributed by atoms with Crippen LogP contribution >= 0.6 is 0 Å². The van der Waals surface area contributed by atoms with Gasteiger partial charge in [0.1, 0.15) is 0 Å². The van der Waals surface area contributed by atoms with E-state index < -0.39 is 5.66 Å². The molecule has 1 aliphatic heterocycles. The first-order valence-corrected chi connectivity index (χ1v) is 9.79. The molecule has 0 bridgehead atoms. The molecule has 0 spiro atoms. The van der Waals surface area contributed by atoms with Crippen LogP contribution in [0.3, 0.4) is 0 Å². The molecule has 1 N–H and O–H groups in total. The Morgan fingerprint density at radius 3 is 2.76 bits per heavy atom. The first-order valence-electron chi connectivity index (χ1n) is 9.79. The third kappa shape index (κ3) is 4.69. The fraction of sp³-hybridized carbons (Fsp3) is 0.304. The average Bonchev–Trinajstić information content (AvgIpc) is 3.42. The molecule has 1 aliphatic rings. The number of carbonyl (C=O) groups excluding carboxylic acids is 1. The Morgan fingerprint density at radius 2 is 1.93 bits per heavy atom. The van der Waals surface area contributed by atoms with Crippen molar-refractivity contribution in [2.45, 2.75) is 44.4 Å². The van der Waals surface area contributed by atoms with Gasteiger partial charge in [0.2, 0.25) is 5.91 Å². The van der Waals surface area contributed by atoms with Gasteiger partial charge < -0.3 is 9.88 Å². The fourth-order valence-corrected chi connectivity index (χ4v) is 3.44. The molecule has 1 amide bonds. The van der Waals surface area contributed by atoms with Crippen LogP contribution in [-0.2, 0) is 17.9 Å². The van der Waals surface area contributed by atoms with Gasteiger partial charge in [-0.3, -0.25) is 4.79 Å². The van der Waals surface area contributed by atoms with Crippen LogP contribution in [0.15, 0.2) is 65.1 Å². The number of hydrogen-bond donors (Lipinski definition) is 1. The van der Waals surface area contributed by atoms with Crippen LogP contribution in [0.2, 0.25) is 0 Å². The normalized spacial score (nSPS) is 13.9. The quantitative estimate of drug-likeness (QED) is 0.564. The van der Waals surface area contributed by atoms with E-state index in [1.165, 1.54) is 5.56 Å². The van der Waals surface area contributed by atoms with Crippen molar-refractivity contribution in [3.05, 3.63) is 66.0 Å². The molecule has 3 aromatic rings. The molecule has 2 heterocycles. The largest absolute Gasteiger partial charge is 0.352 e. The third-order valence-corrected chi connectivity index (χ3v) is 5.17. The summed E-state index contributed by atoms with van der Waals surface area (Å²) in [5, 5.41) is 11.1. The Bertz CT molecular complexity index is 1090. The minimum Gasteiger partial charge on any atom is -0.352 e. The molecule has 146 valence electrons. The van der Waals surface area contributed by atoms with Crippen LogP contribution in [0, 0.1) is 12.3 Å². The van der Waals surface area contributed by atoms with Gasteiger partial charge in [-0.2, -0.15) is 10.2 Å². The molecule has 0 saturated heterocycles. The predicted molar refractivity (Wildman–Crippen MR) is 112 cm³/mol. The maximum Gasteiger partial charge on any atom is 0.220 e. The van der Waals surface area contributed by atoms with E-state index in [0.717, 1.165) is 29.6 Å². The molecule has 6 heteroatoms. The lowest BCUT2D eigenvalue weighted by atomic mass is 10.0. The number of aromatic nitrogens is 2. The number of nitrogens with zero attached hydrogens (tertiary/aromatic N) is 4. The highest BCUT2D eigenvalue weighted by molar-refractivity contribution is 5.76. The number of hydrogen-bond acceptors (Lipinski definition) is 4. The number of terminal acetylenes is 1. The highest BCUT2D eigenvalue weighted by Gasteiger charge is 2.39. The summed E-state index contributed by atoms with van der Waals surface area (Å²) in [5.41, 5.74) is 3.94. The number of para-hydroxylation sites is 2. The summed E-state index contributed by atoms with van der Waals surface area (Å²) in [5.74, 6) is 2.61. The molecule has 0 saturated carbocycles. The smallest absolute Gasteiger partial charge is 0.220 e.